The number of carbonyl (C=O) groups is 2. The Bertz CT molecular complexity index is 678. The first-order valence-corrected chi connectivity index (χ1v) is 9.66. The smallest absolute Gasteiger partial charge is 0.469 e. The number of methoxy groups -OCH3 is 1. The van der Waals surface area contributed by atoms with Crippen molar-refractivity contribution < 1.29 is 28.4 Å². The molecule has 29 heavy (non-hydrogen) atoms. The third-order valence-corrected chi connectivity index (χ3v) is 4.76. The highest BCUT2D eigenvalue weighted by Crippen LogP contribution is 2.36. The largest absolute Gasteiger partial charge is 0.494 e. The number of benzene rings is 1. The molecule has 0 bridgehead atoms. The van der Waals surface area contributed by atoms with Crippen LogP contribution >= 0.6 is 0 Å². The van der Waals surface area contributed by atoms with E-state index in [1.54, 1.807) is 20.8 Å². The van der Waals surface area contributed by atoms with E-state index < -0.39 is 11.7 Å². The highest BCUT2D eigenvalue weighted by atomic mass is 16.7. The van der Waals surface area contributed by atoms with Gasteiger partial charge in [-0.2, -0.15) is 0 Å². The maximum atomic E-state index is 11.1. The number of rotatable bonds is 4. The molecule has 0 spiro atoms. The van der Waals surface area contributed by atoms with Gasteiger partial charge in [-0.05, 0) is 65.9 Å². The molecule has 0 unspecified atom stereocenters. The number of hydrogen-bond donors (Lipinski definition) is 1. The van der Waals surface area contributed by atoms with E-state index >= 15 is 0 Å². The standard InChI is InChI=1S/C16H23BO4.C5H11NO2/c1-15(2)16(3,4)21-17(20-15)13-9-6-12(7-10-13)8-11-14(18)19-5;1-5(2,3)8-4(6)7/h6-7,9-10H,8,11H2,1-5H3;1-3H3,(H2,6,7). The monoisotopic (exact) mass is 407 g/mol. The van der Waals surface area contributed by atoms with Crippen molar-refractivity contribution in [1.82, 2.24) is 0 Å². The van der Waals surface area contributed by atoms with Crippen LogP contribution in [-0.4, -0.2) is 43.1 Å². The van der Waals surface area contributed by atoms with Gasteiger partial charge in [-0.1, -0.05) is 24.3 Å². The second kappa shape index (κ2) is 9.63. The van der Waals surface area contributed by atoms with E-state index in [1.165, 1.54) is 7.11 Å². The third-order valence-electron chi connectivity index (χ3n) is 4.76. The molecule has 1 aromatic carbocycles. The van der Waals surface area contributed by atoms with E-state index in [0.29, 0.717) is 12.8 Å². The van der Waals surface area contributed by atoms with Crippen molar-refractivity contribution in [1.29, 1.82) is 0 Å². The fourth-order valence-corrected chi connectivity index (χ4v) is 2.47. The predicted molar refractivity (Wildman–Crippen MR) is 113 cm³/mol. The Balaban J connectivity index is 0.000000447. The predicted octanol–water partition coefficient (Wildman–Crippen LogP) is 2.97. The van der Waals surface area contributed by atoms with Crippen LogP contribution in [0.5, 0.6) is 0 Å². The van der Waals surface area contributed by atoms with Crippen molar-refractivity contribution in [2.45, 2.75) is 78.1 Å². The summed E-state index contributed by atoms with van der Waals surface area (Å²) >= 11 is 0. The fraction of sp³-hybridized carbons (Fsp3) is 0.619. The molecule has 2 rings (SSSR count). The lowest BCUT2D eigenvalue weighted by atomic mass is 9.79. The van der Waals surface area contributed by atoms with Crippen LogP contribution in [0, 0.1) is 0 Å². The van der Waals surface area contributed by atoms with Crippen LogP contribution in [0.1, 0.15) is 60.5 Å². The molecule has 1 saturated heterocycles. The SMILES string of the molecule is CC(C)(C)OC(N)=O.COC(=O)CCc1ccc(B2OC(C)(C)C(C)(C)O2)cc1. The van der Waals surface area contributed by atoms with E-state index in [2.05, 4.69) is 9.47 Å². The molecular formula is C21H34BNO6. The third kappa shape index (κ3) is 8.07. The minimum atomic E-state index is -0.725. The maximum Gasteiger partial charge on any atom is 0.494 e. The molecule has 1 fully saturated rings. The zero-order valence-corrected chi connectivity index (χ0v) is 18.8. The molecule has 1 aromatic rings. The Kier molecular flexibility index (Phi) is 8.30. The minimum absolute atomic E-state index is 0.190. The van der Waals surface area contributed by atoms with Gasteiger partial charge in [0.15, 0.2) is 0 Å². The summed E-state index contributed by atoms with van der Waals surface area (Å²) in [7, 11) is 1.06. The first kappa shape index (κ1) is 25.0. The van der Waals surface area contributed by atoms with Crippen molar-refractivity contribution in [2.24, 2.45) is 5.73 Å². The Morgan fingerprint density at radius 3 is 1.86 bits per heavy atom. The number of hydrogen-bond acceptors (Lipinski definition) is 6. The van der Waals surface area contributed by atoms with Crippen molar-refractivity contribution in [2.75, 3.05) is 7.11 Å². The second-order valence-corrected chi connectivity index (χ2v) is 8.94. The van der Waals surface area contributed by atoms with Gasteiger partial charge < -0.3 is 24.5 Å². The average molecular weight is 407 g/mol. The van der Waals surface area contributed by atoms with Crippen LogP contribution in [0.15, 0.2) is 24.3 Å². The number of amides is 1. The number of primary amides is 1. The van der Waals surface area contributed by atoms with Crippen molar-refractivity contribution >= 4 is 24.6 Å². The molecule has 2 N–H and O–H groups in total. The summed E-state index contributed by atoms with van der Waals surface area (Å²) in [4.78, 5) is 21.2. The lowest BCUT2D eigenvalue weighted by Crippen LogP contribution is -2.41. The zero-order chi connectivity index (χ0) is 22.5. The van der Waals surface area contributed by atoms with Crippen LogP contribution in [-0.2, 0) is 30.0 Å². The van der Waals surface area contributed by atoms with Gasteiger partial charge in [0.2, 0.25) is 0 Å². The first-order chi connectivity index (χ1) is 13.2. The number of aryl methyl sites for hydroxylation is 1. The van der Waals surface area contributed by atoms with Gasteiger partial charge in [-0.3, -0.25) is 4.79 Å². The summed E-state index contributed by atoms with van der Waals surface area (Å²) in [6, 6.07) is 8.00. The topological polar surface area (TPSA) is 97.1 Å². The van der Waals surface area contributed by atoms with Gasteiger partial charge in [0.05, 0.1) is 18.3 Å². The average Bonchev–Trinajstić information content (AvgIpc) is 2.79. The Labute approximate surface area is 174 Å². The number of nitrogens with two attached hydrogens (primary N) is 1. The molecule has 1 heterocycles. The van der Waals surface area contributed by atoms with Crippen molar-refractivity contribution in [3.8, 4) is 0 Å². The van der Waals surface area contributed by atoms with E-state index in [1.807, 2.05) is 52.0 Å². The molecule has 0 aromatic heterocycles. The second-order valence-electron chi connectivity index (χ2n) is 8.94. The maximum absolute atomic E-state index is 11.1. The summed E-state index contributed by atoms with van der Waals surface area (Å²) in [5.74, 6) is -0.190. The fourth-order valence-electron chi connectivity index (χ4n) is 2.47. The van der Waals surface area contributed by atoms with E-state index in [9.17, 15) is 9.59 Å². The number of esters is 1. The molecule has 7 nitrogen and oxygen atoms in total. The summed E-state index contributed by atoms with van der Waals surface area (Å²) in [6.45, 7) is 13.4. The first-order valence-electron chi connectivity index (χ1n) is 9.66. The molecule has 1 amide bonds. The summed E-state index contributed by atoms with van der Waals surface area (Å²) < 4.78 is 21.2. The van der Waals surface area contributed by atoms with Gasteiger partial charge in [0, 0.05) is 6.42 Å². The van der Waals surface area contributed by atoms with Crippen LogP contribution in [0.3, 0.4) is 0 Å². The molecule has 0 radical (unpaired) electrons. The summed E-state index contributed by atoms with van der Waals surface area (Å²) in [5, 5.41) is 0. The van der Waals surface area contributed by atoms with E-state index in [4.69, 9.17) is 15.0 Å². The van der Waals surface area contributed by atoms with Gasteiger partial charge >= 0.3 is 19.2 Å². The Morgan fingerprint density at radius 1 is 1.03 bits per heavy atom. The zero-order valence-electron chi connectivity index (χ0n) is 18.8. The molecule has 0 saturated carbocycles. The molecule has 0 atom stereocenters. The van der Waals surface area contributed by atoms with Crippen molar-refractivity contribution in [3.05, 3.63) is 29.8 Å². The Morgan fingerprint density at radius 2 is 1.52 bits per heavy atom. The highest BCUT2D eigenvalue weighted by molar-refractivity contribution is 6.62. The Hall–Kier alpha value is -2.06. The van der Waals surface area contributed by atoms with Gasteiger partial charge in [0.1, 0.15) is 5.60 Å². The molecular weight excluding hydrogens is 373 g/mol. The quantitative estimate of drug-likeness (QED) is 0.609. The summed E-state index contributed by atoms with van der Waals surface area (Å²) in [6.07, 6.45) is 0.348. The van der Waals surface area contributed by atoms with Crippen molar-refractivity contribution in [3.63, 3.8) is 0 Å². The molecule has 1 aliphatic heterocycles. The van der Waals surface area contributed by atoms with E-state index in [-0.39, 0.29) is 24.3 Å². The minimum Gasteiger partial charge on any atom is -0.469 e. The van der Waals surface area contributed by atoms with Crippen LogP contribution in [0.2, 0.25) is 0 Å². The lowest BCUT2D eigenvalue weighted by Gasteiger charge is -2.32. The van der Waals surface area contributed by atoms with Crippen LogP contribution in [0.4, 0.5) is 4.79 Å². The molecule has 1 aliphatic rings. The normalized spacial score (nSPS) is 17.2. The van der Waals surface area contributed by atoms with Gasteiger partial charge in [0.25, 0.3) is 0 Å². The summed E-state index contributed by atoms with van der Waals surface area (Å²) in [5.41, 5.74) is 5.69. The van der Waals surface area contributed by atoms with Gasteiger partial charge in [-0.25, -0.2) is 4.79 Å². The van der Waals surface area contributed by atoms with Gasteiger partial charge in [-0.15, -0.1) is 0 Å². The van der Waals surface area contributed by atoms with E-state index in [0.717, 1.165) is 11.0 Å². The molecule has 162 valence electrons. The van der Waals surface area contributed by atoms with Crippen LogP contribution in [0.25, 0.3) is 0 Å². The highest BCUT2D eigenvalue weighted by Gasteiger charge is 2.51. The molecule has 0 aliphatic carbocycles. The number of carbonyl (C=O) groups excluding carboxylic acids is 2. The van der Waals surface area contributed by atoms with Crippen LogP contribution < -0.4 is 11.2 Å². The molecule has 8 heteroatoms. The number of ether oxygens (including phenoxy) is 2. The lowest BCUT2D eigenvalue weighted by molar-refractivity contribution is -0.140.